The zero-order chi connectivity index (χ0) is 57.4. The number of halogens is 3. The van der Waals surface area contributed by atoms with Gasteiger partial charge in [0.25, 0.3) is 5.91 Å². The number of anilines is 2. The van der Waals surface area contributed by atoms with E-state index in [4.69, 9.17) is 19.2 Å². The summed E-state index contributed by atoms with van der Waals surface area (Å²) >= 11 is 0. The molecule has 80 heavy (non-hydrogen) atoms. The highest BCUT2D eigenvalue weighted by molar-refractivity contribution is 5.96. The number of ether oxygens (including phenoxy) is 3. The lowest BCUT2D eigenvalue weighted by atomic mass is 9.78. The highest BCUT2D eigenvalue weighted by Gasteiger charge is 2.45. The number of hydrogen-bond donors (Lipinski definition) is 2. The van der Waals surface area contributed by atoms with Crippen LogP contribution in [0.3, 0.4) is 0 Å². The van der Waals surface area contributed by atoms with Gasteiger partial charge in [-0.05, 0) is 99.7 Å². The Bertz CT molecular complexity index is 2790. The van der Waals surface area contributed by atoms with Crippen molar-refractivity contribution in [3.05, 3.63) is 54.4 Å². The summed E-state index contributed by atoms with van der Waals surface area (Å²) in [6, 6.07) is 4.09. The van der Waals surface area contributed by atoms with Gasteiger partial charge in [0.05, 0.1) is 48.7 Å². The molecule has 5 fully saturated rings. The molecule has 6 aliphatic rings. The number of piperazine rings is 1. The van der Waals surface area contributed by atoms with E-state index in [1.54, 1.807) is 31.3 Å². The van der Waals surface area contributed by atoms with Crippen molar-refractivity contribution in [2.24, 2.45) is 16.7 Å². The smallest absolute Gasteiger partial charge is 0.406 e. The van der Waals surface area contributed by atoms with Crippen LogP contribution in [0.5, 0.6) is 0 Å². The first kappa shape index (κ1) is 58.7. The maximum absolute atomic E-state index is 15.1. The van der Waals surface area contributed by atoms with E-state index in [-0.39, 0.29) is 62.4 Å². The van der Waals surface area contributed by atoms with E-state index in [1.807, 2.05) is 57.7 Å². The lowest BCUT2D eigenvalue weighted by Crippen LogP contribution is -2.63. The number of piperidine rings is 1. The summed E-state index contributed by atoms with van der Waals surface area (Å²) in [4.78, 5) is 87.1. The number of methoxy groups -OCH3 is 1. The van der Waals surface area contributed by atoms with E-state index in [1.165, 1.54) is 20.6 Å². The van der Waals surface area contributed by atoms with Crippen molar-refractivity contribution in [3.63, 3.8) is 0 Å². The first-order chi connectivity index (χ1) is 38.0. The van der Waals surface area contributed by atoms with Crippen LogP contribution >= 0.6 is 0 Å². The Morgan fingerprint density at radius 3 is 2.36 bits per heavy atom. The highest BCUT2D eigenvalue weighted by Crippen LogP contribution is 2.45. The Kier molecular flexibility index (Phi) is 17.5. The minimum Gasteiger partial charge on any atom is -0.464 e. The van der Waals surface area contributed by atoms with E-state index in [0.717, 1.165) is 43.7 Å². The fraction of sp³-hybridized carbons (Fsp3) is 0.655. The first-order valence-corrected chi connectivity index (χ1v) is 28.5. The summed E-state index contributed by atoms with van der Waals surface area (Å²) in [5.41, 5.74) is 6.13. The molecule has 0 aliphatic carbocycles. The van der Waals surface area contributed by atoms with Crippen molar-refractivity contribution in [1.29, 1.82) is 0 Å². The van der Waals surface area contributed by atoms with Crippen LogP contribution in [-0.4, -0.2) is 201 Å². The summed E-state index contributed by atoms with van der Waals surface area (Å²) in [6.45, 7) is 18.1. The minimum atomic E-state index is -4.61. The number of esters is 1. The number of cyclic esters (lactones) is 1. The van der Waals surface area contributed by atoms with Gasteiger partial charge in [-0.25, -0.2) is 10.2 Å². The number of carbonyl (C=O) groups is 5. The molecule has 6 aliphatic heterocycles. The lowest BCUT2D eigenvalue weighted by molar-refractivity contribution is -0.156. The number of morpholine rings is 1. The normalized spacial score (nSPS) is 23.9. The molecular weight excluding hydrogens is 1040 g/mol. The van der Waals surface area contributed by atoms with Gasteiger partial charge in [-0.15, -0.1) is 0 Å². The third-order valence-electron chi connectivity index (χ3n) is 17.5. The number of nitrogens with zero attached hydrogens (tertiary/aromatic N) is 9. The number of fused-ring (bicyclic) bond motifs is 6. The van der Waals surface area contributed by atoms with E-state index >= 15 is 13.2 Å². The third kappa shape index (κ3) is 12.7. The molecule has 5 amide bonds. The number of likely N-dealkylation sites (tertiary alicyclic amines) is 2. The number of amides is 5. The summed E-state index contributed by atoms with van der Waals surface area (Å²) in [5, 5.41) is 5.03. The molecule has 8 heterocycles. The van der Waals surface area contributed by atoms with Crippen molar-refractivity contribution < 1.29 is 51.4 Å². The summed E-state index contributed by atoms with van der Waals surface area (Å²) in [5.74, 6) is -2.05. The molecule has 1 aromatic carbocycles. The van der Waals surface area contributed by atoms with E-state index in [9.17, 15) is 24.0 Å². The van der Waals surface area contributed by atoms with Gasteiger partial charge >= 0.3 is 18.2 Å². The fourth-order valence-corrected chi connectivity index (χ4v) is 12.9. The van der Waals surface area contributed by atoms with Crippen LogP contribution in [0, 0.1) is 16.7 Å². The second kappa shape index (κ2) is 23.9. The average molecular weight is 1120 g/mol. The van der Waals surface area contributed by atoms with Gasteiger partial charge < -0.3 is 53.5 Å². The van der Waals surface area contributed by atoms with Gasteiger partial charge in [0.15, 0.2) is 0 Å². The molecule has 6 bridgehead atoms. The first-order valence-electron chi connectivity index (χ1n) is 28.5. The largest absolute Gasteiger partial charge is 0.464 e. The standard InChI is InChI=1S/C58H82F3N11O8/c1-10-48(73)70-21-17-57(34-70)15-19-68(20-16-57)55(77)66(8)50(37(2)3)52(74)63-46-30-41-33-69(26-27-79-41)39-13-14-47-42(28-39)44(31-56(5,6)36-80-54(76)45-12-11-18-72(64-45)53(46)75)51(71(47)35-58(59,60)61)43-29-40(32-62-49(43)38(4)78-9)67-24-22-65(7)23-25-67/h10,13-14,28-29,32,37-38,41,45-46,50,64H,1,11-12,15-27,30-31,33-36H2,2-9H3,(H,63,74)/t38-,41-,45-,46-,50-/m0/s1. The van der Waals surface area contributed by atoms with Crippen molar-refractivity contribution in [2.45, 2.75) is 123 Å². The zero-order valence-corrected chi connectivity index (χ0v) is 47.9. The molecule has 2 aromatic heterocycles. The maximum Gasteiger partial charge on any atom is 0.406 e. The molecule has 2 N–H and O–H groups in total. The second-order valence-corrected chi connectivity index (χ2v) is 24.3. The molecule has 1 spiro atoms. The summed E-state index contributed by atoms with van der Waals surface area (Å²) in [6.07, 6.45) is 0.644. The zero-order valence-electron chi connectivity index (χ0n) is 47.9. The fourth-order valence-electron chi connectivity index (χ4n) is 12.9. The van der Waals surface area contributed by atoms with Crippen LogP contribution in [0.4, 0.5) is 29.3 Å². The van der Waals surface area contributed by atoms with Crippen LogP contribution in [0.15, 0.2) is 43.1 Å². The molecule has 9 rings (SSSR count). The van der Waals surface area contributed by atoms with Crippen LogP contribution in [0.2, 0.25) is 0 Å². The molecule has 0 saturated carbocycles. The van der Waals surface area contributed by atoms with Crippen LogP contribution in [0.25, 0.3) is 22.2 Å². The van der Waals surface area contributed by atoms with E-state index < -0.39 is 66.3 Å². The topological polar surface area (TPSA) is 178 Å². The Balaban J connectivity index is 1.06. The Hall–Kier alpha value is -5.97. The van der Waals surface area contributed by atoms with Gasteiger partial charge in [0.2, 0.25) is 11.8 Å². The monoisotopic (exact) mass is 1120 g/mol. The third-order valence-corrected chi connectivity index (χ3v) is 17.5. The van der Waals surface area contributed by atoms with Gasteiger partial charge in [-0.3, -0.25) is 29.2 Å². The Labute approximate surface area is 468 Å². The minimum absolute atomic E-state index is 0.0291. The van der Waals surface area contributed by atoms with Crippen LogP contribution < -0.4 is 20.5 Å². The van der Waals surface area contributed by atoms with Crippen molar-refractivity contribution in [3.8, 4) is 11.3 Å². The number of aromatic nitrogens is 2. The van der Waals surface area contributed by atoms with Crippen molar-refractivity contribution >= 4 is 52.0 Å². The Morgan fingerprint density at radius 1 is 0.975 bits per heavy atom. The number of pyridine rings is 1. The number of hydrogen-bond acceptors (Lipinski definition) is 13. The second-order valence-electron chi connectivity index (χ2n) is 24.3. The van der Waals surface area contributed by atoms with Crippen LogP contribution in [0.1, 0.15) is 90.5 Å². The molecule has 19 nitrogen and oxygen atoms in total. The van der Waals surface area contributed by atoms with Crippen molar-refractivity contribution in [2.75, 3.05) is 116 Å². The molecule has 3 aromatic rings. The van der Waals surface area contributed by atoms with Gasteiger partial charge in [0.1, 0.15) is 24.7 Å². The summed E-state index contributed by atoms with van der Waals surface area (Å²) in [7, 11) is 5.22. The quantitative estimate of drug-likeness (QED) is 0.179. The highest BCUT2D eigenvalue weighted by atomic mass is 19.4. The Morgan fingerprint density at radius 2 is 1.69 bits per heavy atom. The number of benzene rings is 1. The number of alkyl halides is 3. The number of hydrazine groups is 1. The number of nitrogens with one attached hydrogen (secondary N) is 2. The van der Waals surface area contributed by atoms with Gasteiger partial charge in [-0.1, -0.05) is 34.3 Å². The van der Waals surface area contributed by atoms with Crippen molar-refractivity contribution in [1.82, 2.24) is 44.9 Å². The molecule has 5 saturated heterocycles. The predicted molar refractivity (Wildman–Crippen MR) is 298 cm³/mol. The number of rotatable bonds is 10. The van der Waals surface area contributed by atoms with Gasteiger partial charge in [0, 0.05) is 120 Å². The number of carbonyl (C=O) groups excluding carboxylic acids is 5. The molecular formula is C58H82F3N11O8. The van der Waals surface area contributed by atoms with Gasteiger partial charge in [-0.2, -0.15) is 13.2 Å². The summed E-state index contributed by atoms with van der Waals surface area (Å²) < 4.78 is 65.1. The number of urea groups is 1. The predicted octanol–water partition coefficient (Wildman–Crippen LogP) is 6.00. The molecule has 438 valence electrons. The SMILES string of the molecule is C=CC(=O)N1CCC2(CCN(C(=O)N(C)[C@H](C(=O)N[C@H]3C[C@H]4CN(CCO4)c4ccc5c(c4)c(c(-c4cc(N6CCN(C)CC6)cnc4[C@H](C)OC)n5CC(F)(F)F)CC(C)(C)COC(=O)[C@@H]4CCCN(N4)C3=O)C(C)C)CC2)C1. The van der Waals surface area contributed by atoms with Crippen LogP contribution in [-0.2, 0) is 46.4 Å². The maximum atomic E-state index is 15.1. The van der Waals surface area contributed by atoms with E-state index in [0.29, 0.717) is 92.1 Å². The number of likely N-dealkylation sites (N-methyl/N-ethyl adjacent to an activating group) is 2. The molecule has 5 atom stereocenters. The molecule has 22 heteroatoms. The lowest BCUT2D eigenvalue weighted by Gasteiger charge is -2.42. The molecule has 0 unspecified atom stereocenters. The molecule has 0 radical (unpaired) electrons. The average Bonchev–Trinajstić information content (AvgIpc) is 4.03. The van der Waals surface area contributed by atoms with E-state index in [2.05, 4.69) is 39.1 Å².